The standard InChI is InChI=1S/C14H19N3O2/c1-9(10-4-5-10)13(18)16-12-8-11(6-7-15-12)14(19)17(2)3/h6-10H,4-5H2,1-3H3,(H,15,16,18). The second-order valence-corrected chi connectivity index (χ2v) is 5.24. The number of aromatic nitrogens is 1. The normalized spacial score (nSPS) is 15.7. The van der Waals surface area contributed by atoms with Gasteiger partial charge in [0.1, 0.15) is 5.82 Å². The SMILES string of the molecule is CC(C(=O)Nc1cc(C(=O)N(C)C)ccn1)C1CC1. The smallest absolute Gasteiger partial charge is 0.253 e. The fraction of sp³-hybridized carbons (Fsp3) is 0.500. The summed E-state index contributed by atoms with van der Waals surface area (Å²) in [5.74, 6) is 0.824. The van der Waals surface area contributed by atoms with Crippen LogP contribution in [0.4, 0.5) is 5.82 Å². The van der Waals surface area contributed by atoms with E-state index in [4.69, 9.17) is 0 Å². The Morgan fingerprint density at radius 2 is 2.11 bits per heavy atom. The summed E-state index contributed by atoms with van der Waals surface area (Å²) in [5.41, 5.74) is 0.523. The van der Waals surface area contributed by atoms with Gasteiger partial charge in [-0.05, 0) is 30.9 Å². The molecule has 1 heterocycles. The van der Waals surface area contributed by atoms with Crippen LogP contribution in [0.15, 0.2) is 18.3 Å². The van der Waals surface area contributed by atoms with Gasteiger partial charge in [-0.2, -0.15) is 0 Å². The Morgan fingerprint density at radius 3 is 2.68 bits per heavy atom. The van der Waals surface area contributed by atoms with Crippen molar-refractivity contribution in [1.29, 1.82) is 0 Å². The lowest BCUT2D eigenvalue weighted by molar-refractivity contribution is -0.119. The highest BCUT2D eigenvalue weighted by Gasteiger charge is 2.32. The molecule has 1 aliphatic carbocycles. The summed E-state index contributed by atoms with van der Waals surface area (Å²) >= 11 is 0. The lowest BCUT2D eigenvalue weighted by Crippen LogP contribution is -2.24. The third kappa shape index (κ3) is 3.30. The highest BCUT2D eigenvalue weighted by Crippen LogP contribution is 2.36. The summed E-state index contributed by atoms with van der Waals surface area (Å²) in [6.45, 7) is 1.93. The van der Waals surface area contributed by atoms with Crippen molar-refractivity contribution in [2.45, 2.75) is 19.8 Å². The lowest BCUT2D eigenvalue weighted by Gasteiger charge is -2.13. The summed E-state index contributed by atoms with van der Waals surface area (Å²) in [7, 11) is 3.38. The van der Waals surface area contributed by atoms with Crippen molar-refractivity contribution in [1.82, 2.24) is 9.88 Å². The molecule has 0 radical (unpaired) electrons. The summed E-state index contributed by atoms with van der Waals surface area (Å²) in [6, 6.07) is 3.25. The minimum atomic E-state index is -0.104. The van der Waals surface area contributed by atoms with Gasteiger partial charge in [0.05, 0.1) is 0 Å². The third-order valence-electron chi connectivity index (χ3n) is 3.41. The first-order valence-corrected chi connectivity index (χ1v) is 6.47. The number of hydrogen-bond donors (Lipinski definition) is 1. The van der Waals surface area contributed by atoms with Gasteiger partial charge in [-0.15, -0.1) is 0 Å². The number of hydrogen-bond acceptors (Lipinski definition) is 3. The summed E-state index contributed by atoms with van der Waals surface area (Å²) in [6.07, 6.45) is 3.79. The molecule has 19 heavy (non-hydrogen) atoms. The molecule has 1 N–H and O–H groups in total. The zero-order valence-corrected chi connectivity index (χ0v) is 11.5. The first-order chi connectivity index (χ1) is 8.99. The van der Waals surface area contributed by atoms with Gasteiger partial charge in [0, 0.05) is 31.8 Å². The van der Waals surface area contributed by atoms with E-state index >= 15 is 0 Å². The zero-order valence-electron chi connectivity index (χ0n) is 11.5. The molecule has 1 atom stereocenters. The Bertz CT molecular complexity index is 495. The van der Waals surface area contributed by atoms with Crippen molar-refractivity contribution >= 4 is 17.6 Å². The van der Waals surface area contributed by atoms with Crippen LogP contribution in [0.5, 0.6) is 0 Å². The van der Waals surface area contributed by atoms with Crippen LogP contribution in [-0.2, 0) is 4.79 Å². The van der Waals surface area contributed by atoms with Crippen LogP contribution in [0.3, 0.4) is 0 Å². The number of amides is 2. The van der Waals surface area contributed by atoms with E-state index < -0.39 is 0 Å². The molecule has 1 unspecified atom stereocenters. The molecule has 2 amide bonds. The van der Waals surface area contributed by atoms with Crippen LogP contribution in [0, 0.1) is 11.8 Å². The van der Waals surface area contributed by atoms with Gasteiger partial charge in [-0.25, -0.2) is 4.98 Å². The van der Waals surface area contributed by atoms with Gasteiger partial charge < -0.3 is 10.2 Å². The van der Waals surface area contributed by atoms with Crippen molar-refractivity contribution < 1.29 is 9.59 Å². The maximum Gasteiger partial charge on any atom is 0.253 e. The van der Waals surface area contributed by atoms with E-state index in [2.05, 4.69) is 10.3 Å². The molecule has 5 nitrogen and oxygen atoms in total. The molecule has 2 rings (SSSR count). The van der Waals surface area contributed by atoms with Gasteiger partial charge in [-0.3, -0.25) is 9.59 Å². The van der Waals surface area contributed by atoms with E-state index in [0.717, 1.165) is 12.8 Å². The first kappa shape index (κ1) is 13.5. The molecule has 102 valence electrons. The Balaban J connectivity index is 2.06. The highest BCUT2D eigenvalue weighted by molar-refractivity contribution is 5.96. The average Bonchev–Trinajstić information content (AvgIpc) is 3.21. The van der Waals surface area contributed by atoms with E-state index in [0.29, 0.717) is 17.3 Å². The van der Waals surface area contributed by atoms with Gasteiger partial charge in [-0.1, -0.05) is 6.92 Å². The molecule has 5 heteroatoms. The van der Waals surface area contributed by atoms with Gasteiger partial charge in [0.2, 0.25) is 5.91 Å². The number of anilines is 1. The maximum atomic E-state index is 12.0. The molecule has 1 fully saturated rings. The third-order valence-corrected chi connectivity index (χ3v) is 3.41. The first-order valence-electron chi connectivity index (χ1n) is 6.47. The van der Waals surface area contributed by atoms with E-state index in [1.807, 2.05) is 6.92 Å². The van der Waals surface area contributed by atoms with Crippen LogP contribution in [-0.4, -0.2) is 35.8 Å². The molecular formula is C14H19N3O2. The monoisotopic (exact) mass is 261 g/mol. The molecule has 1 saturated carbocycles. The molecular weight excluding hydrogens is 242 g/mol. The fourth-order valence-electron chi connectivity index (χ4n) is 1.94. The van der Waals surface area contributed by atoms with Crippen LogP contribution in [0.25, 0.3) is 0 Å². The van der Waals surface area contributed by atoms with E-state index in [9.17, 15) is 9.59 Å². The summed E-state index contributed by atoms with van der Waals surface area (Å²) in [4.78, 5) is 29.4. The van der Waals surface area contributed by atoms with E-state index in [-0.39, 0.29) is 17.7 Å². The molecule has 0 aliphatic heterocycles. The molecule has 0 saturated heterocycles. The number of carbonyl (C=O) groups excluding carboxylic acids is 2. The molecule has 1 aliphatic rings. The molecule has 0 spiro atoms. The molecule has 0 bridgehead atoms. The number of nitrogens with zero attached hydrogens (tertiary/aromatic N) is 2. The molecule has 0 aromatic carbocycles. The quantitative estimate of drug-likeness (QED) is 0.898. The Hall–Kier alpha value is -1.91. The maximum absolute atomic E-state index is 12.0. The van der Waals surface area contributed by atoms with Crippen LogP contribution in [0.1, 0.15) is 30.1 Å². The highest BCUT2D eigenvalue weighted by atomic mass is 16.2. The second-order valence-electron chi connectivity index (χ2n) is 5.24. The minimum Gasteiger partial charge on any atom is -0.345 e. The van der Waals surface area contributed by atoms with Gasteiger partial charge in [0.25, 0.3) is 5.91 Å². The van der Waals surface area contributed by atoms with Gasteiger partial charge in [0.15, 0.2) is 0 Å². The largest absolute Gasteiger partial charge is 0.345 e. The Labute approximate surface area is 113 Å². The van der Waals surface area contributed by atoms with Crippen LogP contribution in [0.2, 0.25) is 0 Å². The van der Waals surface area contributed by atoms with Crippen molar-refractivity contribution in [3.8, 4) is 0 Å². The van der Waals surface area contributed by atoms with Crippen LogP contribution < -0.4 is 5.32 Å². The van der Waals surface area contributed by atoms with Crippen molar-refractivity contribution in [3.05, 3.63) is 23.9 Å². The summed E-state index contributed by atoms with van der Waals surface area (Å²) < 4.78 is 0. The second kappa shape index (κ2) is 5.38. The number of nitrogens with one attached hydrogen (secondary N) is 1. The zero-order chi connectivity index (χ0) is 14.0. The summed E-state index contributed by atoms with van der Waals surface area (Å²) in [5, 5.41) is 2.78. The lowest BCUT2D eigenvalue weighted by atomic mass is 10.1. The number of pyridine rings is 1. The van der Waals surface area contributed by atoms with Gasteiger partial charge >= 0.3 is 0 Å². The van der Waals surface area contributed by atoms with Crippen molar-refractivity contribution in [2.75, 3.05) is 19.4 Å². The topological polar surface area (TPSA) is 62.3 Å². The van der Waals surface area contributed by atoms with E-state index in [1.165, 1.54) is 11.1 Å². The molecule has 1 aromatic rings. The van der Waals surface area contributed by atoms with Crippen molar-refractivity contribution in [2.24, 2.45) is 11.8 Å². The Morgan fingerprint density at radius 1 is 1.42 bits per heavy atom. The number of carbonyl (C=O) groups is 2. The minimum absolute atomic E-state index is 0.00927. The predicted molar refractivity (Wildman–Crippen MR) is 72.8 cm³/mol. The Kier molecular flexibility index (Phi) is 3.83. The average molecular weight is 261 g/mol. The van der Waals surface area contributed by atoms with E-state index in [1.54, 1.807) is 26.2 Å². The number of rotatable bonds is 4. The van der Waals surface area contributed by atoms with Crippen LogP contribution >= 0.6 is 0 Å². The predicted octanol–water partition coefficient (Wildman–Crippen LogP) is 1.77. The molecule has 1 aromatic heterocycles. The fourth-order valence-corrected chi connectivity index (χ4v) is 1.94. The van der Waals surface area contributed by atoms with Crippen molar-refractivity contribution in [3.63, 3.8) is 0 Å².